The van der Waals surface area contributed by atoms with Gasteiger partial charge in [0.1, 0.15) is 0 Å². The first-order valence-corrected chi connectivity index (χ1v) is 4.83. The van der Waals surface area contributed by atoms with E-state index in [4.69, 9.17) is 10.8 Å². The minimum atomic E-state index is 0.617. The predicted molar refractivity (Wildman–Crippen MR) is 45.4 cm³/mol. The molecule has 0 saturated carbocycles. The SMILES string of the molecule is N=C([Se])CCCCC(=N)[Se]. The van der Waals surface area contributed by atoms with Gasteiger partial charge in [0, 0.05) is 0 Å². The van der Waals surface area contributed by atoms with Crippen LogP contribution >= 0.6 is 0 Å². The number of rotatable bonds is 5. The Bertz CT molecular complexity index is 118. The minimum absolute atomic E-state index is 0.617. The quantitative estimate of drug-likeness (QED) is 0.422. The van der Waals surface area contributed by atoms with Crippen LogP contribution in [0.4, 0.5) is 0 Å². The average Bonchev–Trinajstić information content (AvgIpc) is 1.79. The molecule has 0 aromatic rings. The summed E-state index contributed by atoms with van der Waals surface area (Å²) >= 11 is 5.30. The van der Waals surface area contributed by atoms with Crippen molar-refractivity contribution < 1.29 is 0 Å². The van der Waals surface area contributed by atoms with Crippen LogP contribution in [0.3, 0.4) is 0 Å². The summed E-state index contributed by atoms with van der Waals surface area (Å²) in [6.07, 6.45) is 3.67. The third kappa shape index (κ3) is 8.38. The van der Waals surface area contributed by atoms with Gasteiger partial charge in [0.15, 0.2) is 0 Å². The van der Waals surface area contributed by atoms with Crippen LogP contribution in [-0.4, -0.2) is 41.2 Å². The van der Waals surface area contributed by atoms with Crippen molar-refractivity contribution in [1.29, 1.82) is 10.8 Å². The zero-order valence-electron chi connectivity index (χ0n) is 5.64. The van der Waals surface area contributed by atoms with Gasteiger partial charge in [-0.15, -0.1) is 0 Å². The molecule has 0 saturated heterocycles. The Morgan fingerprint density at radius 1 is 0.900 bits per heavy atom. The molecule has 0 spiro atoms. The van der Waals surface area contributed by atoms with Crippen LogP contribution in [0.25, 0.3) is 0 Å². The van der Waals surface area contributed by atoms with Gasteiger partial charge < -0.3 is 0 Å². The van der Waals surface area contributed by atoms with E-state index in [0.29, 0.717) is 9.22 Å². The van der Waals surface area contributed by atoms with E-state index in [9.17, 15) is 0 Å². The average molecular weight is 268 g/mol. The van der Waals surface area contributed by atoms with Crippen molar-refractivity contribution >= 4 is 41.2 Å². The van der Waals surface area contributed by atoms with Crippen molar-refractivity contribution in [2.24, 2.45) is 0 Å². The van der Waals surface area contributed by atoms with Gasteiger partial charge in [0.25, 0.3) is 0 Å². The molecular weight excluding hydrogens is 258 g/mol. The summed E-state index contributed by atoms with van der Waals surface area (Å²) in [7, 11) is 0. The molecule has 56 valence electrons. The molecule has 0 aromatic heterocycles. The van der Waals surface area contributed by atoms with E-state index < -0.39 is 0 Å². The van der Waals surface area contributed by atoms with Crippen LogP contribution in [0.15, 0.2) is 0 Å². The molecule has 4 heteroatoms. The molecule has 0 atom stereocenters. The molecule has 0 rings (SSSR count). The van der Waals surface area contributed by atoms with Crippen LogP contribution in [0.1, 0.15) is 25.7 Å². The van der Waals surface area contributed by atoms with E-state index in [-0.39, 0.29) is 0 Å². The topological polar surface area (TPSA) is 47.7 Å². The van der Waals surface area contributed by atoms with Gasteiger partial charge in [-0.3, -0.25) is 0 Å². The molecule has 0 fully saturated rings. The Labute approximate surface area is 77.8 Å². The fourth-order valence-corrected chi connectivity index (χ4v) is 1.18. The van der Waals surface area contributed by atoms with Gasteiger partial charge in [-0.05, 0) is 0 Å². The summed E-state index contributed by atoms with van der Waals surface area (Å²) in [5.41, 5.74) is 0. The van der Waals surface area contributed by atoms with Crippen molar-refractivity contribution in [3.8, 4) is 0 Å². The molecule has 2 radical (unpaired) electrons. The Morgan fingerprint density at radius 3 is 1.40 bits per heavy atom. The molecule has 2 nitrogen and oxygen atoms in total. The van der Waals surface area contributed by atoms with Crippen molar-refractivity contribution in [2.45, 2.75) is 25.7 Å². The summed E-state index contributed by atoms with van der Waals surface area (Å²) in [4.78, 5) is 0. The molecule has 0 bridgehead atoms. The Balaban J connectivity index is 3.06. The maximum absolute atomic E-state index is 7.06. The van der Waals surface area contributed by atoms with E-state index in [1.807, 2.05) is 0 Å². The summed E-state index contributed by atoms with van der Waals surface area (Å²) in [6, 6.07) is 0. The van der Waals surface area contributed by atoms with Crippen LogP contribution in [-0.2, 0) is 0 Å². The van der Waals surface area contributed by atoms with Crippen LogP contribution < -0.4 is 0 Å². The van der Waals surface area contributed by atoms with Crippen molar-refractivity contribution in [2.75, 3.05) is 0 Å². The van der Waals surface area contributed by atoms with E-state index in [2.05, 4.69) is 32.0 Å². The van der Waals surface area contributed by atoms with Gasteiger partial charge in [0.05, 0.1) is 0 Å². The molecular formula is C6H10N2Se2. The van der Waals surface area contributed by atoms with E-state index >= 15 is 0 Å². The second-order valence-electron chi connectivity index (χ2n) is 2.05. The normalized spacial score (nSPS) is 9.20. The third-order valence-electron chi connectivity index (χ3n) is 1.06. The standard InChI is InChI=1S/C6H10N2Se2/c7-5(9)3-1-2-4-6(8)10/h7-8H,1-4H2. The first-order chi connectivity index (χ1) is 4.63. The van der Waals surface area contributed by atoms with Gasteiger partial charge in [-0.25, -0.2) is 0 Å². The predicted octanol–water partition coefficient (Wildman–Crippen LogP) is 0.838. The van der Waals surface area contributed by atoms with E-state index in [1.165, 1.54) is 0 Å². The first kappa shape index (κ1) is 10.4. The summed E-state index contributed by atoms with van der Waals surface area (Å²) < 4.78 is 1.23. The zero-order valence-corrected chi connectivity index (χ0v) is 9.07. The molecule has 0 amide bonds. The van der Waals surface area contributed by atoms with Crippen LogP contribution in [0, 0.1) is 10.8 Å². The Hall–Kier alpha value is 0.379. The van der Waals surface area contributed by atoms with Crippen molar-refractivity contribution in [3.63, 3.8) is 0 Å². The molecule has 0 aliphatic heterocycles. The molecule has 0 aliphatic rings. The Morgan fingerprint density at radius 2 is 1.20 bits per heavy atom. The third-order valence-corrected chi connectivity index (χ3v) is 1.91. The molecule has 0 unspecified atom stereocenters. The summed E-state index contributed by atoms with van der Waals surface area (Å²) in [5, 5.41) is 14.1. The second kappa shape index (κ2) is 6.11. The summed E-state index contributed by atoms with van der Waals surface area (Å²) in [6.45, 7) is 0. The van der Waals surface area contributed by atoms with Crippen LogP contribution in [0.5, 0.6) is 0 Å². The number of nitrogens with one attached hydrogen (secondary N) is 2. The fraction of sp³-hybridized carbons (Fsp3) is 0.667. The first-order valence-electron chi connectivity index (χ1n) is 3.12. The zero-order chi connectivity index (χ0) is 7.98. The van der Waals surface area contributed by atoms with Gasteiger partial charge in [-0.2, -0.15) is 0 Å². The number of unbranched alkanes of at least 4 members (excludes halogenated alkanes) is 1. The number of hydrogen-bond acceptors (Lipinski definition) is 2. The molecule has 0 aliphatic carbocycles. The molecule has 10 heavy (non-hydrogen) atoms. The van der Waals surface area contributed by atoms with Gasteiger partial charge in [0.2, 0.25) is 0 Å². The van der Waals surface area contributed by atoms with E-state index in [1.54, 1.807) is 0 Å². The molecule has 0 heterocycles. The van der Waals surface area contributed by atoms with E-state index in [0.717, 1.165) is 25.7 Å². The summed E-state index contributed by atoms with van der Waals surface area (Å²) in [5.74, 6) is 0. The number of hydrogen-bond donors (Lipinski definition) is 2. The molecule has 2 N–H and O–H groups in total. The monoisotopic (exact) mass is 270 g/mol. The maximum atomic E-state index is 7.06. The fourth-order valence-electron chi connectivity index (χ4n) is 0.571. The van der Waals surface area contributed by atoms with Crippen molar-refractivity contribution in [1.82, 2.24) is 0 Å². The van der Waals surface area contributed by atoms with Crippen molar-refractivity contribution in [3.05, 3.63) is 0 Å². The van der Waals surface area contributed by atoms with Crippen LogP contribution in [0.2, 0.25) is 0 Å². The van der Waals surface area contributed by atoms with Gasteiger partial charge >= 0.3 is 77.7 Å². The Kier molecular flexibility index (Phi) is 6.34. The second-order valence-corrected chi connectivity index (χ2v) is 4.12. The van der Waals surface area contributed by atoms with Gasteiger partial charge in [-0.1, -0.05) is 0 Å². The molecule has 0 aromatic carbocycles.